The molecule has 0 atom stereocenters. The normalized spacial score (nSPS) is 16.8. The lowest BCUT2D eigenvalue weighted by molar-refractivity contribution is -0.132. The smallest absolute Gasteiger partial charge is 0.379 e. The molecular formula is C17H25F3N4O3S. The lowest BCUT2D eigenvalue weighted by Crippen LogP contribution is -2.41. The van der Waals surface area contributed by atoms with Crippen LogP contribution in [0, 0.1) is 0 Å². The summed E-state index contributed by atoms with van der Waals surface area (Å²) in [7, 11) is -2.02. The molecule has 1 aliphatic rings. The van der Waals surface area contributed by atoms with Crippen LogP contribution in [0.5, 0.6) is 0 Å². The number of ether oxygens (including phenoxy) is 1. The van der Waals surface area contributed by atoms with E-state index >= 15 is 0 Å². The Morgan fingerprint density at radius 3 is 2.43 bits per heavy atom. The Labute approximate surface area is 163 Å². The summed E-state index contributed by atoms with van der Waals surface area (Å²) in [6.45, 7) is 1.36. The summed E-state index contributed by atoms with van der Waals surface area (Å²) in [4.78, 5) is 3.89. The van der Waals surface area contributed by atoms with Gasteiger partial charge in [-0.05, 0) is 11.1 Å². The second-order valence-corrected chi connectivity index (χ2v) is 8.22. The first-order valence-corrected chi connectivity index (χ1v) is 10.5. The summed E-state index contributed by atoms with van der Waals surface area (Å²) in [5.74, 6) is 0.0698. The minimum Gasteiger partial charge on any atom is -0.379 e. The average molecular weight is 422 g/mol. The number of benzene rings is 1. The minimum atomic E-state index is -4.24. The zero-order valence-corrected chi connectivity index (χ0v) is 16.4. The lowest BCUT2D eigenvalue weighted by Gasteiger charge is -2.26. The third-order valence-electron chi connectivity index (χ3n) is 4.19. The Kier molecular flexibility index (Phi) is 8.08. The predicted octanol–water partition coefficient (Wildman–Crippen LogP) is 1.47. The molecule has 0 aromatic heterocycles. The van der Waals surface area contributed by atoms with Crippen molar-refractivity contribution in [1.29, 1.82) is 0 Å². The number of hydrogen-bond acceptors (Lipinski definition) is 4. The number of guanidine groups is 1. The summed E-state index contributed by atoms with van der Waals surface area (Å²) in [5.41, 5.74) is 1.37. The van der Waals surface area contributed by atoms with Crippen LogP contribution in [0.2, 0.25) is 0 Å². The Balaban J connectivity index is 1.97. The van der Waals surface area contributed by atoms with E-state index in [9.17, 15) is 21.6 Å². The van der Waals surface area contributed by atoms with Gasteiger partial charge in [-0.1, -0.05) is 24.3 Å². The van der Waals surface area contributed by atoms with E-state index in [2.05, 4.69) is 15.6 Å². The predicted molar refractivity (Wildman–Crippen MR) is 100 cm³/mol. The SMILES string of the molecule is CN=C(NCCC(F)(F)F)NCc1ccccc1CS(=O)(=O)N1CCOCC1. The monoisotopic (exact) mass is 422 g/mol. The first kappa shape index (κ1) is 22.4. The molecule has 11 heteroatoms. The van der Waals surface area contributed by atoms with Gasteiger partial charge in [0.15, 0.2) is 5.96 Å². The first-order valence-electron chi connectivity index (χ1n) is 8.85. The molecule has 0 unspecified atom stereocenters. The van der Waals surface area contributed by atoms with Crippen molar-refractivity contribution in [3.8, 4) is 0 Å². The molecule has 0 saturated carbocycles. The quantitative estimate of drug-likeness (QED) is 0.514. The number of rotatable bonds is 7. The van der Waals surface area contributed by atoms with E-state index < -0.39 is 22.6 Å². The summed E-state index contributed by atoms with van der Waals surface area (Å²) < 4.78 is 68.7. The van der Waals surface area contributed by atoms with Crippen molar-refractivity contribution in [3.05, 3.63) is 35.4 Å². The van der Waals surface area contributed by atoms with Crippen LogP contribution in [-0.4, -0.2) is 64.8 Å². The Morgan fingerprint density at radius 2 is 1.82 bits per heavy atom. The topological polar surface area (TPSA) is 83.0 Å². The van der Waals surface area contributed by atoms with E-state index in [0.29, 0.717) is 31.9 Å². The first-order chi connectivity index (χ1) is 13.2. The molecule has 2 N–H and O–H groups in total. The van der Waals surface area contributed by atoms with E-state index in [1.807, 2.05) is 0 Å². The molecule has 1 aromatic rings. The maximum Gasteiger partial charge on any atom is 0.390 e. The van der Waals surface area contributed by atoms with E-state index in [1.54, 1.807) is 24.3 Å². The van der Waals surface area contributed by atoms with Crippen molar-refractivity contribution >= 4 is 16.0 Å². The van der Waals surface area contributed by atoms with Gasteiger partial charge in [0, 0.05) is 33.2 Å². The molecule has 0 aliphatic carbocycles. The molecule has 1 fully saturated rings. The molecule has 0 amide bonds. The molecule has 0 bridgehead atoms. The van der Waals surface area contributed by atoms with E-state index in [0.717, 1.165) is 5.56 Å². The van der Waals surface area contributed by atoms with Crippen LogP contribution in [0.1, 0.15) is 17.5 Å². The summed E-state index contributed by atoms with van der Waals surface area (Å²) >= 11 is 0. The second kappa shape index (κ2) is 10.1. The summed E-state index contributed by atoms with van der Waals surface area (Å²) in [6.07, 6.45) is -5.21. The van der Waals surface area contributed by atoms with Gasteiger partial charge in [-0.3, -0.25) is 4.99 Å². The number of sulfonamides is 1. The van der Waals surface area contributed by atoms with Gasteiger partial charge in [-0.2, -0.15) is 17.5 Å². The van der Waals surface area contributed by atoms with Crippen molar-refractivity contribution in [3.63, 3.8) is 0 Å². The van der Waals surface area contributed by atoms with Gasteiger partial charge in [0.05, 0.1) is 25.4 Å². The zero-order valence-electron chi connectivity index (χ0n) is 15.6. The molecule has 28 heavy (non-hydrogen) atoms. The highest BCUT2D eigenvalue weighted by molar-refractivity contribution is 7.88. The fraction of sp³-hybridized carbons (Fsp3) is 0.588. The number of alkyl halides is 3. The molecule has 158 valence electrons. The van der Waals surface area contributed by atoms with Gasteiger partial charge < -0.3 is 15.4 Å². The van der Waals surface area contributed by atoms with Gasteiger partial charge in [0.1, 0.15) is 0 Å². The fourth-order valence-corrected chi connectivity index (χ4v) is 4.27. The molecule has 2 rings (SSSR count). The minimum absolute atomic E-state index is 0.148. The van der Waals surface area contributed by atoms with Gasteiger partial charge in [0.25, 0.3) is 0 Å². The maximum absolute atomic E-state index is 12.6. The van der Waals surface area contributed by atoms with E-state index in [1.165, 1.54) is 11.4 Å². The molecule has 1 saturated heterocycles. The van der Waals surface area contributed by atoms with Crippen LogP contribution in [0.25, 0.3) is 0 Å². The summed E-state index contributed by atoms with van der Waals surface area (Å²) in [6, 6.07) is 7.04. The third kappa shape index (κ3) is 7.28. The van der Waals surface area contributed by atoms with Crippen molar-refractivity contribution in [1.82, 2.24) is 14.9 Å². The number of nitrogens with one attached hydrogen (secondary N) is 2. The molecule has 1 aliphatic heterocycles. The van der Waals surface area contributed by atoms with Crippen LogP contribution in [0.15, 0.2) is 29.3 Å². The molecular weight excluding hydrogens is 397 g/mol. The largest absolute Gasteiger partial charge is 0.390 e. The van der Waals surface area contributed by atoms with Gasteiger partial charge in [-0.25, -0.2) is 8.42 Å². The maximum atomic E-state index is 12.6. The fourth-order valence-electron chi connectivity index (χ4n) is 2.71. The van der Waals surface area contributed by atoms with Crippen molar-refractivity contribution in [2.24, 2.45) is 4.99 Å². The summed E-state index contributed by atoms with van der Waals surface area (Å²) in [5, 5.41) is 5.51. The Morgan fingerprint density at radius 1 is 1.18 bits per heavy atom. The molecule has 0 radical (unpaired) electrons. The molecule has 1 heterocycles. The number of hydrogen-bond donors (Lipinski definition) is 2. The highest BCUT2D eigenvalue weighted by Crippen LogP contribution is 2.18. The number of halogens is 3. The number of nitrogens with zero attached hydrogens (tertiary/aromatic N) is 2. The third-order valence-corrected chi connectivity index (χ3v) is 6.02. The Hall–Kier alpha value is -1.85. The number of aliphatic imine (C=N–C) groups is 1. The van der Waals surface area contributed by atoms with Crippen molar-refractivity contribution in [2.75, 3.05) is 39.9 Å². The van der Waals surface area contributed by atoms with Crippen LogP contribution in [-0.2, 0) is 27.1 Å². The Bertz CT molecular complexity index is 763. The zero-order chi connectivity index (χ0) is 20.6. The van der Waals surface area contributed by atoms with E-state index in [4.69, 9.17) is 4.74 Å². The molecule has 7 nitrogen and oxygen atoms in total. The van der Waals surface area contributed by atoms with Crippen molar-refractivity contribution in [2.45, 2.75) is 24.9 Å². The highest BCUT2D eigenvalue weighted by atomic mass is 32.2. The molecule has 1 aromatic carbocycles. The van der Waals surface area contributed by atoms with Gasteiger partial charge in [-0.15, -0.1) is 0 Å². The molecule has 0 spiro atoms. The highest BCUT2D eigenvalue weighted by Gasteiger charge is 2.27. The van der Waals surface area contributed by atoms with Crippen molar-refractivity contribution < 1.29 is 26.3 Å². The van der Waals surface area contributed by atoms with Gasteiger partial charge in [0.2, 0.25) is 10.0 Å². The standard InChI is InChI=1S/C17H25F3N4O3S/c1-21-16(22-7-6-17(18,19)20)23-12-14-4-2-3-5-15(14)13-28(25,26)24-8-10-27-11-9-24/h2-5H,6-13H2,1H3,(H2,21,22,23). The van der Waals surface area contributed by atoms with Crippen LogP contribution >= 0.6 is 0 Å². The lowest BCUT2D eigenvalue weighted by atomic mass is 10.1. The average Bonchev–Trinajstić information content (AvgIpc) is 2.65. The van der Waals surface area contributed by atoms with Crippen LogP contribution in [0.4, 0.5) is 13.2 Å². The van der Waals surface area contributed by atoms with Gasteiger partial charge >= 0.3 is 6.18 Å². The second-order valence-electron chi connectivity index (χ2n) is 6.25. The van der Waals surface area contributed by atoms with Crippen LogP contribution < -0.4 is 10.6 Å². The van der Waals surface area contributed by atoms with Crippen LogP contribution in [0.3, 0.4) is 0 Å². The van der Waals surface area contributed by atoms with E-state index in [-0.39, 0.29) is 24.8 Å². The number of morpholine rings is 1.